The van der Waals surface area contributed by atoms with E-state index in [0.29, 0.717) is 16.4 Å². The highest BCUT2D eigenvalue weighted by atomic mass is 35.5. The van der Waals surface area contributed by atoms with Crippen molar-refractivity contribution in [3.05, 3.63) is 69.9 Å². The molecular weight excluding hydrogens is 272 g/mol. The molecule has 3 heteroatoms. The molecule has 0 amide bonds. The Hall–Kier alpha value is -1.77. The molecule has 0 aliphatic heterocycles. The Bertz CT molecular complexity index is 754. The number of aliphatic hydroxyl groups excluding tert-OH is 1. The molecule has 1 heterocycles. The van der Waals surface area contributed by atoms with E-state index < -0.39 is 6.10 Å². The van der Waals surface area contributed by atoms with Gasteiger partial charge in [0, 0.05) is 5.39 Å². The zero-order valence-electron chi connectivity index (χ0n) is 11.4. The quantitative estimate of drug-likeness (QED) is 0.735. The van der Waals surface area contributed by atoms with Crippen molar-refractivity contribution in [2.45, 2.75) is 20.0 Å². The maximum Gasteiger partial charge on any atom is 0.153 e. The lowest BCUT2D eigenvalue weighted by Crippen LogP contribution is -1.99. The van der Waals surface area contributed by atoms with E-state index in [9.17, 15) is 5.11 Å². The van der Waals surface area contributed by atoms with Crippen LogP contribution in [0.4, 0.5) is 0 Å². The summed E-state index contributed by atoms with van der Waals surface area (Å²) < 4.78 is 5.71. The maximum absolute atomic E-state index is 10.5. The molecule has 1 atom stereocenters. The summed E-state index contributed by atoms with van der Waals surface area (Å²) >= 11 is 6.10. The first-order chi connectivity index (χ1) is 9.54. The zero-order chi connectivity index (χ0) is 14.3. The van der Waals surface area contributed by atoms with Gasteiger partial charge < -0.3 is 9.52 Å². The van der Waals surface area contributed by atoms with E-state index in [0.717, 1.165) is 22.1 Å². The van der Waals surface area contributed by atoms with Gasteiger partial charge in [-0.15, -0.1) is 0 Å². The predicted octanol–water partition coefficient (Wildman–Crippen LogP) is 4.78. The average molecular weight is 287 g/mol. The fraction of sp³-hybridized carbons (Fsp3) is 0.176. The van der Waals surface area contributed by atoms with Gasteiger partial charge >= 0.3 is 0 Å². The van der Waals surface area contributed by atoms with Crippen LogP contribution in [0.15, 0.2) is 46.9 Å². The Kier molecular flexibility index (Phi) is 3.28. The summed E-state index contributed by atoms with van der Waals surface area (Å²) in [7, 11) is 0. The minimum absolute atomic E-state index is 0.512. The Balaban J connectivity index is 2.07. The van der Waals surface area contributed by atoms with Crippen molar-refractivity contribution in [1.29, 1.82) is 0 Å². The number of halogens is 1. The molecular formula is C17H15ClO2. The number of hydrogen-bond acceptors (Lipinski definition) is 2. The molecule has 0 saturated heterocycles. The van der Waals surface area contributed by atoms with Gasteiger partial charge in [-0.3, -0.25) is 0 Å². The summed E-state index contributed by atoms with van der Waals surface area (Å²) in [5, 5.41) is 12.0. The van der Waals surface area contributed by atoms with Crippen LogP contribution in [-0.4, -0.2) is 5.11 Å². The van der Waals surface area contributed by atoms with Crippen molar-refractivity contribution >= 4 is 22.6 Å². The molecule has 0 aliphatic rings. The number of furan rings is 1. The molecule has 1 N–H and O–H groups in total. The summed E-state index contributed by atoms with van der Waals surface area (Å²) in [6.45, 7) is 4.03. The van der Waals surface area contributed by atoms with Crippen LogP contribution < -0.4 is 0 Å². The Morgan fingerprint density at radius 1 is 1.05 bits per heavy atom. The van der Waals surface area contributed by atoms with Crippen molar-refractivity contribution in [2.24, 2.45) is 0 Å². The Morgan fingerprint density at radius 3 is 2.40 bits per heavy atom. The molecule has 0 radical (unpaired) electrons. The Morgan fingerprint density at radius 2 is 1.75 bits per heavy atom. The van der Waals surface area contributed by atoms with Gasteiger partial charge in [0.15, 0.2) is 5.58 Å². The number of rotatable bonds is 2. The summed E-state index contributed by atoms with van der Waals surface area (Å²) in [4.78, 5) is 0. The predicted molar refractivity (Wildman–Crippen MR) is 81.2 cm³/mol. The molecule has 0 fully saturated rings. The lowest BCUT2D eigenvalue weighted by atomic mass is 10.0. The normalized spacial score (nSPS) is 12.8. The average Bonchev–Trinajstić information content (AvgIpc) is 2.82. The molecule has 0 bridgehead atoms. The number of hydrogen-bond donors (Lipinski definition) is 1. The molecule has 2 aromatic carbocycles. The Labute approximate surface area is 122 Å². The van der Waals surface area contributed by atoms with Gasteiger partial charge in [0.05, 0.1) is 5.02 Å². The lowest BCUT2D eigenvalue weighted by Gasteiger charge is -2.10. The molecule has 1 aromatic heterocycles. The SMILES string of the molecule is Cc1cc(C)cc(C(O)c2cc3cccc(Cl)c3o2)c1. The second-order valence-electron chi connectivity index (χ2n) is 5.13. The molecule has 20 heavy (non-hydrogen) atoms. The maximum atomic E-state index is 10.5. The van der Waals surface area contributed by atoms with Crippen molar-refractivity contribution in [3.8, 4) is 0 Å². The van der Waals surface area contributed by atoms with Gasteiger partial charge in [0.25, 0.3) is 0 Å². The lowest BCUT2D eigenvalue weighted by molar-refractivity contribution is 0.192. The molecule has 0 saturated carbocycles. The summed E-state index contributed by atoms with van der Waals surface area (Å²) in [5.74, 6) is 0.512. The van der Waals surface area contributed by atoms with Crippen LogP contribution in [0.5, 0.6) is 0 Å². The molecule has 2 nitrogen and oxygen atoms in total. The third kappa shape index (κ3) is 2.33. The van der Waals surface area contributed by atoms with E-state index in [4.69, 9.17) is 16.0 Å². The van der Waals surface area contributed by atoms with Crippen molar-refractivity contribution in [1.82, 2.24) is 0 Å². The second kappa shape index (κ2) is 4.97. The van der Waals surface area contributed by atoms with Crippen LogP contribution in [0, 0.1) is 13.8 Å². The van der Waals surface area contributed by atoms with Crippen LogP contribution in [0.3, 0.4) is 0 Å². The minimum Gasteiger partial charge on any atom is -0.456 e. The van der Waals surface area contributed by atoms with Crippen LogP contribution in [0.25, 0.3) is 11.0 Å². The van der Waals surface area contributed by atoms with E-state index in [1.165, 1.54) is 0 Å². The van der Waals surface area contributed by atoms with E-state index in [1.54, 1.807) is 6.07 Å². The van der Waals surface area contributed by atoms with Gasteiger partial charge in [-0.1, -0.05) is 53.1 Å². The number of aliphatic hydroxyl groups is 1. The highest BCUT2D eigenvalue weighted by molar-refractivity contribution is 6.34. The first kappa shape index (κ1) is 13.2. The van der Waals surface area contributed by atoms with E-state index >= 15 is 0 Å². The van der Waals surface area contributed by atoms with Crippen LogP contribution in [-0.2, 0) is 0 Å². The third-order valence-electron chi connectivity index (χ3n) is 3.34. The van der Waals surface area contributed by atoms with Crippen LogP contribution in [0.1, 0.15) is 28.6 Å². The number of benzene rings is 2. The standard InChI is InChI=1S/C17H15ClO2/c1-10-6-11(2)8-13(7-10)16(19)15-9-12-4-3-5-14(18)17(12)20-15/h3-9,16,19H,1-2H3. The molecule has 0 spiro atoms. The number of para-hydroxylation sites is 1. The smallest absolute Gasteiger partial charge is 0.153 e. The highest BCUT2D eigenvalue weighted by Crippen LogP contribution is 2.32. The first-order valence-corrected chi connectivity index (χ1v) is 6.86. The summed E-state index contributed by atoms with van der Waals surface area (Å²) in [6.07, 6.45) is -0.780. The molecule has 1 unspecified atom stereocenters. The van der Waals surface area contributed by atoms with Gasteiger partial charge in [0.1, 0.15) is 11.9 Å². The summed E-state index contributed by atoms with van der Waals surface area (Å²) in [5.41, 5.74) is 3.69. The number of aryl methyl sites for hydroxylation is 2. The second-order valence-corrected chi connectivity index (χ2v) is 5.54. The summed E-state index contributed by atoms with van der Waals surface area (Å²) in [6, 6.07) is 13.4. The zero-order valence-corrected chi connectivity index (χ0v) is 12.1. The first-order valence-electron chi connectivity index (χ1n) is 6.49. The van der Waals surface area contributed by atoms with Crippen LogP contribution in [0.2, 0.25) is 5.02 Å². The van der Waals surface area contributed by atoms with E-state index in [1.807, 2.05) is 44.2 Å². The van der Waals surface area contributed by atoms with Gasteiger partial charge in [-0.25, -0.2) is 0 Å². The monoisotopic (exact) mass is 286 g/mol. The molecule has 3 rings (SSSR count). The number of fused-ring (bicyclic) bond motifs is 1. The minimum atomic E-state index is -0.780. The molecule has 3 aromatic rings. The van der Waals surface area contributed by atoms with Crippen molar-refractivity contribution < 1.29 is 9.52 Å². The van der Waals surface area contributed by atoms with Crippen molar-refractivity contribution in [2.75, 3.05) is 0 Å². The molecule has 102 valence electrons. The topological polar surface area (TPSA) is 33.4 Å². The van der Waals surface area contributed by atoms with Crippen molar-refractivity contribution in [3.63, 3.8) is 0 Å². The van der Waals surface area contributed by atoms with Gasteiger partial charge in [-0.2, -0.15) is 0 Å². The third-order valence-corrected chi connectivity index (χ3v) is 3.64. The van der Waals surface area contributed by atoms with Gasteiger partial charge in [-0.05, 0) is 31.5 Å². The van der Waals surface area contributed by atoms with Crippen LogP contribution >= 0.6 is 11.6 Å². The molecule has 0 aliphatic carbocycles. The fourth-order valence-electron chi connectivity index (χ4n) is 2.51. The highest BCUT2D eigenvalue weighted by Gasteiger charge is 2.17. The van der Waals surface area contributed by atoms with E-state index in [2.05, 4.69) is 6.07 Å². The largest absolute Gasteiger partial charge is 0.456 e. The van der Waals surface area contributed by atoms with E-state index in [-0.39, 0.29) is 0 Å². The fourth-order valence-corrected chi connectivity index (χ4v) is 2.73. The van der Waals surface area contributed by atoms with Gasteiger partial charge in [0.2, 0.25) is 0 Å².